The van der Waals surface area contributed by atoms with Crippen LogP contribution in [0.4, 0.5) is 11.5 Å². The van der Waals surface area contributed by atoms with Crippen molar-refractivity contribution in [2.24, 2.45) is 0 Å². The number of anilines is 2. The number of amides is 1. The predicted molar refractivity (Wildman–Crippen MR) is 110 cm³/mol. The zero-order valence-electron chi connectivity index (χ0n) is 15.7. The van der Waals surface area contributed by atoms with Crippen LogP contribution in [-0.4, -0.2) is 31.2 Å². The summed E-state index contributed by atoms with van der Waals surface area (Å²) in [6.07, 6.45) is 2.56. The monoisotopic (exact) mass is 377 g/mol. The highest BCUT2D eigenvalue weighted by Gasteiger charge is 2.05. The fourth-order valence-electron chi connectivity index (χ4n) is 2.60. The summed E-state index contributed by atoms with van der Waals surface area (Å²) in [5, 5.41) is 6.03. The smallest absolute Gasteiger partial charge is 0.263 e. The van der Waals surface area contributed by atoms with E-state index in [1.54, 1.807) is 31.5 Å². The number of aromatic nitrogens is 1. The number of nitrogens with one attached hydrogen (secondary N) is 2. The van der Waals surface area contributed by atoms with Gasteiger partial charge in [-0.1, -0.05) is 30.3 Å². The molecule has 0 saturated heterocycles. The highest BCUT2D eigenvalue weighted by atomic mass is 16.5. The van der Waals surface area contributed by atoms with Gasteiger partial charge in [-0.15, -0.1) is 0 Å². The summed E-state index contributed by atoms with van der Waals surface area (Å²) in [4.78, 5) is 16.2. The van der Waals surface area contributed by atoms with Crippen LogP contribution in [0.1, 0.15) is 5.56 Å². The van der Waals surface area contributed by atoms with Crippen molar-refractivity contribution in [3.63, 3.8) is 0 Å². The van der Waals surface area contributed by atoms with Crippen molar-refractivity contribution in [3.05, 3.63) is 78.5 Å². The molecule has 0 unspecified atom stereocenters. The largest absolute Gasteiger partial charge is 0.497 e. The number of pyridine rings is 1. The fraction of sp³-hybridized carbons (Fsp3) is 0.182. The van der Waals surface area contributed by atoms with Gasteiger partial charge in [-0.05, 0) is 48.4 Å². The molecule has 2 N–H and O–H groups in total. The number of carbonyl (C=O) groups is 1. The van der Waals surface area contributed by atoms with E-state index in [-0.39, 0.29) is 12.5 Å². The number of hydrogen-bond donors (Lipinski definition) is 2. The summed E-state index contributed by atoms with van der Waals surface area (Å²) in [6.45, 7) is 0.706. The van der Waals surface area contributed by atoms with Crippen molar-refractivity contribution in [3.8, 4) is 11.5 Å². The van der Waals surface area contributed by atoms with Crippen molar-refractivity contribution in [1.29, 1.82) is 0 Å². The molecule has 6 nitrogen and oxygen atoms in total. The number of para-hydroxylation sites is 1. The van der Waals surface area contributed by atoms with Gasteiger partial charge in [0.1, 0.15) is 17.3 Å². The Kier molecular flexibility index (Phi) is 6.84. The second-order valence-electron chi connectivity index (χ2n) is 6.11. The summed E-state index contributed by atoms with van der Waals surface area (Å²) in [6, 6.07) is 20.9. The average Bonchev–Trinajstić information content (AvgIpc) is 2.74. The number of ether oxygens (including phenoxy) is 2. The topological polar surface area (TPSA) is 72.5 Å². The quantitative estimate of drug-likeness (QED) is 0.594. The number of rotatable bonds is 9. The molecule has 1 amide bonds. The molecule has 0 radical (unpaired) electrons. The lowest BCUT2D eigenvalue weighted by Crippen LogP contribution is -2.20. The maximum atomic E-state index is 11.9. The third-order valence-corrected chi connectivity index (χ3v) is 4.02. The van der Waals surface area contributed by atoms with Crippen LogP contribution < -0.4 is 20.1 Å². The molecule has 0 aliphatic carbocycles. The van der Waals surface area contributed by atoms with Crippen LogP contribution in [0, 0.1) is 0 Å². The molecule has 0 fully saturated rings. The van der Waals surface area contributed by atoms with Crippen LogP contribution in [0.15, 0.2) is 72.9 Å². The summed E-state index contributed by atoms with van der Waals surface area (Å²) >= 11 is 0. The van der Waals surface area contributed by atoms with E-state index in [2.05, 4.69) is 21.7 Å². The molecule has 2 aromatic carbocycles. The zero-order chi connectivity index (χ0) is 19.6. The van der Waals surface area contributed by atoms with Gasteiger partial charge in [0, 0.05) is 6.54 Å². The first-order valence-electron chi connectivity index (χ1n) is 9.03. The minimum Gasteiger partial charge on any atom is -0.497 e. The first-order valence-corrected chi connectivity index (χ1v) is 9.03. The lowest BCUT2D eigenvalue weighted by molar-refractivity contribution is -0.118. The van der Waals surface area contributed by atoms with Gasteiger partial charge in [0.15, 0.2) is 6.61 Å². The first kappa shape index (κ1) is 19.2. The Bertz CT molecular complexity index is 883. The molecule has 144 valence electrons. The van der Waals surface area contributed by atoms with Gasteiger partial charge in [-0.25, -0.2) is 4.98 Å². The second kappa shape index (κ2) is 9.97. The lowest BCUT2D eigenvalue weighted by atomic mass is 10.1. The van der Waals surface area contributed by atoms with Gasteiger partial charge < -0.3 is 20.1 Å². The van der Waals surface area contributed by atoms with Crippen LogP contribution in [0.25, 0.3) is 0 Å². The van der Waals surface area contributed by atoms with E-state index in [1.165, 1.54) is 5.56 Å². The molecule has 6 heteroatoms. The molecule has 0 saturated carbocycles. The Labute approximate surface area is 164 Å². The highest BCUT2D eigenvalue weighted by Crippen LogP contribution is 2.14. The third kappa shape index (κ3) is 6.02. The summed E-state index contributed by atoms with van der Waals surface area (Å²) in [5.74, 6) is 1.74. The lowest BCUT2D eigenvalue weighted by Gasteiger charge is -2.09. The molecule has 3 rings (SSSR count). The van der Waals surface area contributed by atoms with E-state index in [0.29, 0.717) is 11.6 Å². The molecule has 28 heavy (non-hydrogen) atoms. The minimum atomic E-state index is -0.255. The maximum absolute atomic E-state index is 11.9. The minimum absolute atomic E-state index is 0.0633. The van der Waals surface area contributed by atoms with E-state index in [0.717, 1.165) is 24.4 Å². The number of hydrogen-bond acceptors (Lipinski definition) is 5. The molecular weight excluding hydrogens is 354 g/mol. The molecule has 3 aromatic rings. The Morgan fingerprint density at radius 2 is 1.82 bits per heavy atom. The number of nitrogens with zero attached hydrogens (tertiary/aromatic N) is 1. The molecule has 0 aliphatic rings. The van der Waals surface area contributed by atoms with Crippen LogP contribution >= 0.6 is 0 Å². The van der Waals surface area contributed by atoms with E-state index < -0.39 is 0 Å². The van der Waals surface area contributed by atoms with Gasteiger partial charge in [0.25, 0.3) is 5.91 Å². The molecule has 0 aliphatic heterocycles. The second-order valence-corrected chi connectivity index (χ2v) is 6.11. The number of benzene rings is 2. The highest BCUT2D eigenvalue weighted by molar-refractivity contribution is 5.91. The molecule has 0 spiro atoms. The Morgan fingerprint density at radius 1 is 1.00 bits per heavy atom. The van der Waals surface area contributed by atoms with Gasteiger partial charge in [-0.2, -0.15) is 0 Å². The molecule has 0 bridgehead atoms. The standard InChI is InChI=1S/C22H23N3O3/c1-27-20-9-5-6-17(14-20)12-13-23-18-10-11-21(24-15-18)25-22(26)16-28-19-7-3-2-4-8-19/h2-11,14-15,23H,12-13,16H2,1H3,(H,24,25,26). The summed E-state index contributed by atoms with van der Waals surface area (Å²) in [5.41, 5.74) is 2.09. The molecule has 1 aromatic heterocycles. The van der Waals surface area contributed by atoms with Gasteiger partial charge in [-0.3, -0.25) is 4.79 Å². The Morgan fingerprint density at radius 3 is 2.57 bits per heavy atom. The molecule has 0 atom stereocenters. The van der Waals surface area contributed by atoms with Crippen LogP contribution in [-0.2, 0) is 11.2 Å². The van der Waals surface area contributed by atoms with Crippen molar-refractivity contribution in [1.82, 2.24) is 4.98 Å². The summed E-state index contributed by atoms with van der Waals surface area (Å²) in [7, 11) is 1.66. The normalized spacial score (nSPS) is 10.2. The van der Waals surface area contributed by atoms with E-state index >= 15 is 0 Å². The van der Waals surface area contributed by atoms with Gasteiger partial charge >= 0.3 is 0 Å². The summed E-state index contributed by atoms with van der Waals surface area (Å²) < 4.78 is 10.6. The van der Waals surface area contributed by atoms with Gasteiger partial charge in [0.05, 0.1) is 19.0 Å². The number of methoxy groups -OCH3 is 1. The van der Waals surface area contributed by atoms with Crippen LogP contribution in [0.3, 0.4) is 0 Å². The van der Waals surface area contributed by atoms with Crippen molar-refractivity contribution < 1.29 is 14.3 Å². The van der Waals surface area contributed by atoms with Crippen LogP contribution in [0.2, 0.25) is 0 Å². The Hall–Kier alpha value is -3.54. The van der Waals surface area contributed by atoms with Crippen molar-refractivity contribution in [2.45, 2.75) is 6.42 Å². The first-order chi connectivity index (χ1) is 13.7. The average molecular weight is 377 g/mol. The zero-order valence-corrected chi connectivity index (χ0v) is 15.7. The molecule has 1 heterocycles. The van der Waals surface area contributed by atoms with E-state index in [1.807, 2.05) is 42.5 Å². The van der Waals surface area contributed by atoms with Crippen molar-refractivity contribution in [2.75, 3.05) is 30.9 Å². The van der Waals surface area contributed by atoms with Crippen LogP contribution in [0.5, 0.6) is 11.5 Å². The fourth-order valence-corrected chi connectivity index (χ4v) is 2.60. The van der Waals surface area contributed by atoms with E-state index in [4.69, 9.17) is 9.47 Å². The van der Waals surface area contributed by atoms with Gasteiger partial charge in [0.2, 0.25) is 0 Å². The predicted octanol–water partition coefficient (Wildman–Crippen LogP) is 3.76. The SMILES string of the molecule is COc1cccc(CCNc2ccc(NC(=O)COc3ccccc3)nc2)c1. The van der Waals surface area contributed by atoms with Crippen molar-refractivity contribution >= 4 is 17.4 Å². The third-order valence-electron chi connectivity index (χ3n) is 4.02. The maximum Gasteiger partial charge on any atom is 0.263 e. The van der Waals surface area contributed by atoms with E-state index in [9.17, 15) is 4.79 Å². The number of carbonyl (C=O) groups excluding carboxylic acids is 1. The molecular formula is C22H23N3O3. The Balaban J connectivity index is 1.42.